The number of hydrogen-bond donors (Lipinski definition) is 0. The second kappa shape index (κ2) is 2.62. The Kier molecular flexibility index (Phi) is 2.66. The number of rotatable bonds is 0. The quantitative estimate of drug-likeness (QED) is 0.529. The first kappa shape index (κ1) is 8.14. The third-order valence-electron chi connectivity index (χ3n) is 0.208. The van der Waals surface area contributed by atoms with Gasteiger partial charge in [-0.05, 0) is 34.8 Å². The molecule has 0 aromatic rings. The van der Waals surface area contributed by atoms with Gasteiger partial charge in [0.2, 0.25) is 0 Å². The molecule has 0 atom stereocenters. The van der Waals surface area contributed by atoms with Crippen LogP contribution < -0.4 is 5.73 Å². The van der Waals surface area contributed by atoms with Crippen LogP contribution in [0.3, 0.4) is 0 Å². The molecule has 0 heterocycles. The second-order valence-corrected chi connectivity index (χ2v) is 3.01. The molecule has 0 saturated carbocycles. The van der Waals surface area contributed by atoms with E-state index in [1.165, 1.54) is 0 Å². The summed E-state index contributed by atoms with van der Waals surface area (Å²) in [7, 11) is 0. The van der Waals surface area contributed by atoms with Gasteiger partial charge in [0, 0.05) is 0 Å². The highest BCUT2D eigenvalue weighted by molar-refractivity contribution is 6.66. The van der Waals surface area contributed by atoms with Crippen LogP contribution in [-0.2, 0) is 4.74 Å². The van der Waals surface area contributed by atoms with Gasteiger partial charge in [-0.1, -0.05) is 0 Å². The first-order valence-corrected chi connectivity index (χ1v) is 2.56. The Hall–Kier alpha value is 0.140. The Morgan fingerprint density at radius 1 is 1.50 bits per heavy atom. The van der Waals surface area contributed by atoms with Crippen molar-refractivity contribution >= 4 is 40.9 Å². The molecule has 0 fully saturated rings. The maximum Gasteiger partial charge on any atom is 0.429 e. The third kappa shape index (κ3) is 6.14. The van der Waals surface area contributed by atoms with E-state index in [4.69, 9.17) is 40.5 Å². The van der Waals surface area contributed by atoms with E-state index in [9.17, 15) is 4.79 Å². The highest BCUT2D eigenvalue weighted by atomic mass is 35.6. The Morgan fingerprint density at radius 2 is 1.88 bits per heavy atom. The fourth-order valence-electron chi connectivity index (χ4n) is 0.105. The molecule has 0 aromatic carbocycles. The number of carbonyl (C=O) groups is 1. The first-order chi connectivity index (χ1) is 3.42. The molecule has 1 radical (unpaired) electrons. The fourth-order valence-corrected chi connectivity index (χ4v) is 0.315. The Morgan fingerprint density at radius 3 is 1.88 bits per heavy atom. The van der Waals surface area contributed by atoms with Crippen LogP contribution in [0, 0.1) is 0 Å². The van der Waals surface area contributed by atoms with Gasteiger partial charge in [-0.3, -0.25) is 0 Å². The van der Waals surface area contributed by atoms with Crippen molar-refractivity contribution in [3.8, 4) is 0 Å². The minimum Gasteiger partial charge on any atom is -0.397 e. The van der Waals surface area contributed by atoms with E-state index in [0.717, 1.165) is 0 Å². The van der Waals surface area contributed by atoms with E-state index in [-0.39, 0.29) is 0 Å². The highest BCUT2D eigenvalue weighted by Crippen LogP contribution is 2.26. The van der Waals surface area contributed by atoms with Gasteiger partial charge in [-0.15, -0.1) is 0 Å². The molecule has 0 rings (SSSR count). The highest BCUT2D eigenvalue weighted by Gasteiger charge is 2.23. The second-order valence-electron chi connectivity index (χ2n) is 0.835. The molecule has 1 amide bonds. The number of hydrogen-bond acceptors (Lipinski definition) is 2. The zero-order valence-corrected chi connectivity index (χ0v) is 5.72. The van der Waals surface area contributed by atoms with Crippen molar-refractivity contribution in [3.05, 3.63) is 0 Å². The normalized spacial score (nSPS) is 10.9. The smallest absolute Gasteiger partial charge is 0.397 e. The molecular formula is C2HCl3NO2. The van der Waals surface area contributed by atoms with Crippen LogP contribution in [0.5, 0.6) is 0 Å². The lowest BCUT2D eigenvalue weighted by Gasteiger charge is -2.07. The van der Waals surface area contributed by atoms with Crippen LogP contribution in [-0.4, -0.2) is 10.1 Å². The van der Waals surface area contributed by atoms with Crippen molar-refractivity contribution in [2.45, 2.75) is 3.98 Å². The predicted octanol–water partition coefficient (Wildman–Crippen LogP) is 1.73. The van der Waals surface area contributed by atoms with Crippen molar-refractivity contribution < 1.29 is 9.53 Å². The first-order valence-electron chi connectivity index (χ1n) is 1.43. The molecule has 0 unspecified atom stereocenters. The van der Waals surface area contributed by atoms with Gasteiger partial charge in [-0.2, -0.15) is 0 Å². The lowest BCUT2D eigenvalue weighted by atomic mass is 11.2. The Labute approximate surface area is 60.6 Å². The summed E-state index contributed by atoms with van der Waals surface area (Å²) >= 11 is 14.7. The molecule has 6 heteroatoms. The maximum atomic E-state index is 9.65. The summed E-state index contributed by atoms with van der Waals surface area (Å²) in [6.07, 6.45) is -1.37. The summed E-state index contributed by atoms with van der Waals surface area (Å²) in [5.41, 5.74) is 6.12. The van der Waals surface area contributed by atoms with Crippen LogP contribution in [0.1, 0.15) is 0 Å². The minimum atomic E-state index is -2.10. The number of ether oxygens (including phenoxy) is 1. The van der Waals surface area contributed by atoms with Gasteiger partial charge in [0.25, 0.3) is 0 Å². The van der Waals surface area contributed by atoms with Gasteiger partial charge < -0.3 is 4.74 Å². The summed E-state index contributed by atoms with van der Waals surface area (Å²) in [4.78, 5) is 9.65. The zero-order valence-electron chi connectivity index (χ0n) is 3.45. The van der Waals surface area contributed by atoms with Gasteiger partial charge in [0.15, 0.2) is 0 Å². The Balaban J connectivity index is 3.55. The van der Waals surface area contributed by atoms with Gasteiger partial charge in [0.05, 0.1) is 0 Å². The van der Waals surface area contributed by atoms with E-state index >= 15 is 0 Å². The van der Waals surface area contributed by atoms with Crippen LogP contribution >= 0.6 is 34.8 Å². The molecule has 3 nitrogen and oxygen atoms in total. The van der Waals surface area contributed by atoms with Gasteiger partial charge in [0.1, 0.15) is 0 Å². The fraction of sp³-hybridized carbons (Fsp3) is 0.500. The summed E-state index contributed by atoms with van der Waals surface area (Å²) < 4.78 is 1.66. The molecule has 0 saturated heterocycles. The van der Waals surface area contributed by atoms with E-state index in [0.29, 0.717) is 0 Å². The van der Waals surface area contributed by atoms with E-state index in [1.54, 1.807) is 0 Å². The number of alkyl halides is 3. The van der Waals surface area contributed by atoms with Crippen LogP contribution in [0.2, 0.25) is 0 Å². The molecule has 0 spiro atoms. The molecule has 8 heavy (non-hydrogen) atoms. The molecule has 0 aromatic heterocycles. The molecule has 47 valence electrons. The van der Waals surface area contributed by atoms with E-state index < -0.39 is 10.1 Å². The molecular weight excluding hydrogens is 176 g/mol. The van der Waals surface area contributed by atoms with Crippen molar-refractivity contribution in [2.75, 3.05) is 0 Å². The van der Waals surface area contributed by atoms with Crippen molar-refractivity contribution in [1.29, 1.82) is 0 Å². The van der Waals surface area contributed by atoms with Crippen molar-refractivity contribution in [1.82, 2.24) is 5.73 Å². The molecule has 0 aliphatic carbocycles. The van der Waals surface area contributed by atoms with E-state index in [1.807, 2.05) is 0 Å². The number of nitrogens with one attached hydrogen (secondary N) is 1. The average molecular weight is 177 g/mol. The van der Waals surface area contributed by atoms with Crippen molar-refractivity contribution in [2.24, 2.45) is 0 Å². The topological polar surface area (TPSA) is 50.1 Å². The summed E-state index contributed by atoms with van der Waals surface area (Å²) in [6.45, 7) is 0. The number of amides is 1. The van der Waals surface area contributed by atoms with Crippen LogP contribution in [0.4, 0.5) is 4.79 Å². The maximum absolute atomic E-state index is 9.65. The van der Waals surface area contributed by atoms with Gasteiger partial charge in [-0.25, -0.2) is 10.5 Å². The summed E-state index contributed by atoms with van der Waals surface area (Å²) in [5.74, 6) is 0. The number of carbonyl (C=O) groups excluding carboxylic acids is 1. The third-order valence-corrected chi connectivity index (χ3v) is 0.440. The van der Waals surface area contributed by atoms with Crippen LogP contribution in [0.15, 0.2) is 0 Å². The van der Waals surface area contributed by atoms with Crippen molar-refractivity contribution in [3.63, 3.8) is 0 Å². The minimum absolute atomic E-state index is 1.37. The lowest BCUT2D eigenvalue weighted by Crippen LogP contribution is -2.14. The Bertz CT molecular complexity index is 97.9. The standard InChI is InChI=1S/C2HCl3NO2/c3-2(4,5)8-1(6)7/h6H. The largest absolute Gasteiger partial charge is 0.429 e. The number of halogens is 3. The zero-order chi connectivity index (χ0) is 6.78. The predicted molar refractivity (Wildman–Crippen MR) is 29.9 cm³/mol. The SMILES string of the molecule is [NH]C(=O)OC(Cl)(Cl)Cl. The van der Waals surface area contributed by atoms with Gasteiger partial charge >= 0.3 is 10.1 Å². The summed E-state index contributed by atoms with van der Waals surface area (Å²) in [5, 5.41) is 0. The van der Waals surface area contributed by atoms with Crippen LogP contribution in [0.25, 0.3) is 0 Å². The molecule has 0 aliphatic heterocycles. The summed E-state index contributed by atoms with van der Waals surface area (Å²) in [6, 6.07) is 0. The molecule has 0 bridgehead atoms. The molecule has 1 N–H and O–H groups in total. The monoisotopic (exact) mass is 176 g/mol. The molecule has 0 aliphatic rings. The lowest BCUT2D eigenvalue weighted by molar-refractivity contribution is 0.153. The van der Waals surface area contributed by atoms with E-state index in [2.05, 4.69) is 4.74 Å². The average Bonchev–Trinajstić information content (AvgIpc) is 1.21.